The fourth-order valence-electron chi connectivity index (χ4n) is 3.62. The monoisotopic (exact) mass is 370 g/mol. The lowest BCUT2D eigenvalue weighted by molar-refractivity contribution is 0.0756. The molecule has 0 unspecified atom stereocenters. The summed E-state index contributed by atoms with van der Waals surface area (Å²) in [5, 5.41) is 1.12. The molecule has 1 amide bonds. The van der Waals surface area contributed by atoms with Crippen molar-refractivity contribution in [3.63, 3.8) is 0 Å². The maximum Gasteiger partial charge on any atom is 0.254 e. The van der Waals surface area contributed by atoms with Crippen LogP contribution in [0.1, 0.15) is 27.5 Å². The number of H-pyrrole nitrogens is 1. The summed E-state index contributed by atoms with van der Waals surface area (Å²) >= 11 is 0. The highest BCUT2D eigenvalue weighted by atomic mass is 16.5. The van der Waals surface area contributed by atoms with Crippen molar-refractivity contribution in [2.45, 2.75) is 6.04 Å². The number of rotatable bonds is 5. The number of amides is 1. The molecule has 4 rings (SSSR count). The Morgan fingerprint density at radius 1 is 0.929 bits per heavy atom. The van der Waals surface area contributed by atoms with Crippen molar-refractivity contribution in [1.82, 2.24) is 9.88 Å². The largest absolute Gasteiger partial charge is 0.497 e. The third kappa shape index (κ3) is 3.25. The number of ether oxygens (including phenoxy) is 1. The highest BCUT2D eigenvalue weighted by Crippen LogP contribution is 2.33. The number of benzene rings is 3. The number of carbonyl (C=O) groups excluding carboxylic acids is 1. The van der Waals surface area contributed by atoms with Gasteiger partial charge in [-0.2, -0.15) is 0 Å². The maximum atomic E-state index is 13.3. The summed E-state index contributed by atoms with van der Waals surface area (Å²) in [4.78, 5) is 18.4. The minimum atomic E-state index is -0.202. The van der Waals surface area contributed by atoms with E-state index in [4.69, 9.17) is 4.74 Å². The van der Waals surface area contributed by atoms with Crippen molar-refractivity contribution >= 4 is 16.8 Å². The molecule has 4 aromatic rings. The summed E-state index contributed by atoms with van der Waals surface area (Å²) in [5.74, 6) is 0.692. The number of hydrogen-bond acceptors (Lipinski definition) is 2. The first-order chi connectivity index (χ1) is 13.7. The zero-order valence-corrected chi connectivity index (χ0v) is 15.9. The van der Waals surface area contributed by atoms with Gasteiger partial charge in [0.25, 0.3) is 5.91 Å². The Morgan fingerprint density at radius 3 is 2.32 bits per heavy atom. The summed E-state index contributed by atoms with van der Waals surface area (Å²) < 4.78 is 5.20. The number of methoxy groups -OCH3 is 1. The molecule has 0 fully saturated rings. The zero-order chi connectivity index (χ0) is 19.5. The Morgan fingerprint density at radius 2 is 1.61 bits per heavy atom. The molecule has 0 spiro atoms. The fourth-order valence-corrected chi connectivity index (χ4v) is 3.62. The van der Waals surface area contributed by atoms with Gasteiger partial charge in [-0.1, -0.05) is 48.5 Å². The number of nitrogens with one attached hydrogen (secondary N) is 1. The highest BCUT2D eigenvalue weighted by Gasteiger charge is 2.26. The topological polar surface area (TPSA) is 45.3 Å². The molecular formula is C24H22N2O2. The molecule has 4 nitrogen and oxygen atoms in total. The van der Waals surface area contributed by atoms with Gasteiger partial charge in [0.2, 0.25) is 0 Å². The van der Waals surface area contributed by atoms with Gasteiger partial charge < -0.3 is 14.6 Å². The number of aromatic amines is 1. The fraction of sp³-hybridized carbons (Fsp3) is 0.125. The second-order valence-corrected chi connectivity index (χ2v) is 6.75. The van der Waals surface area contributed by atoms with Crippen molar-refractivity contribution in [2.75, 3.05) is 14.2 Å². The van der Waals surface area contributed by atoms with Crippen molar-refractivity contribution in [3.8, 4) is 5.75 Å². The Labute approximate surface area is 164 Å². The van der Waals surface area contributed by atoms with E-state index in [1.165, 1.54) is 0 Å². The van der Waals surface area contributed by atoms with Gasteiger partial charge in [0.15, 0.2) is 0 Å². The van der Waals surface area contributed by atoms with Crippen LogP contribution >= 0.6 is 0 Å². The van der Waals surface area contributed by atoms with Crippen molar-refractivity contribution < 1.29 is 9.53 Å². The predicted molar refractivity (Wildman–Crippen MR) is 112 cm³/mol. The number of nitrogens with zero attached hydrogens (tertiary/aromatic N) is 1. The predicted octanol–water partition coefficient (Wildman–Crippen LogP) is 5.04. The van der Waals surface area contributed by atoms with Gasteiger partial charge >= 0.3 is 0 Å². The van der Waals surface area contributed by atoms with E-state index in [0.29, 0.717) is 5.56 Å². The quantitative estimate of drug-likeness (QED) is 0.535. The molecule has 0 saturated carbocycles. The van der Waals surface area contributed by atoms with E-state index in [-0.39, 0.29) is 11.9 Å². The van der Waals surface area contributed by atoms with E-state index < -0.39 is 0 Å². The third-order valence-electron chi connectivity index (χ3n) is 5.08. The standard InChI is InChI=1S/C24H22N2O2/c1-26(24(27)18-12-14-19(28-2)15-13-18)23(17-8-4-3-5-9-17)21-16-25-22-11-7-6-10-20(21)22/h3-16,23,25H,1-2H3/t23-/m1/s1. The van der Waals surface area contributed by atoms with E-state index >= 15 is 0 Å². The second-order valence-electron chi connectivity index (χ2n) is 6.75. The smallest absolute Gasteiger partial charge is 0.254 e. The molecular weight excluding hydrogens is 348 g/mol. The summed E-state index contributed by atoms with van der Waals surface area (Å²) in [6.45, 7) is 0. The lowest BCUT2D eigenvalue weighted by Gasteiger charge is -2.29. The first-order valence-electron chi connectivity index (χ1n) is 9.21. The van der Waals surface area contributed by atoms with Crippen LogP contribution in [0.3, 0.4) is 0 Å². The van der Waals surface area contributed by atoms with Gasteiger partial charge in [0.1, 0.15) is 5.75 Å². The van der Waals surface area contributed by atoms with Crippen molar-refractivity contribution in [1.29, 1.82) is 0 Å². The average molecular weight is 370 g/mol. The van der Waals surface area contributed by atoms with Gasteiger partial charge in [-0.15, -0.1) is 0 Å². The van der Waals surface area contributed by atoms with Crippen LogP contribution in [0.4, 0.5) is 0 Å². The Balaban J connectivity index is 1.78. The summed E-state index contributed by atoms with van der Waals surface area (Å²) in [6.07, 6.45) is 2.00. The third-order valence-corrected chi connectivity index (χ3v) is 5.08. The molecule has 1 atom stereocenters. The van der Waals surface area contributed by atoms with E-state index in [9.17, 15) is 4.79 Å². The van der Waals surface area contributed by atoms with Gasteiger partial charge in [0.05, 0.1) is 13.2 Å². The number of carbonyl (C=O) groups is 1. The average Bonchev–Trinajstić information content (AvgIpc) is 3.18. The Kier molecular flexibility index (Phi) is 4.85. The molecule has 140 valence electrons. The highest BCUT2D eigenvalue weighted by molar-refractivity contribution is 5.95. The number of fused-ring (bicyclic) bond motifs is 1. The normalized spacial score (nSPS) is 11.9. The minimum absolute atomic E-state index is 0.0400. The van der Waals surface area contributed by atoms with Gasteiger partial charge in [-0.25, -0.2) is 0 Å². The lowest BCUT2D eigenvalue weighted by atomic mass is 9.96. The van der Waals surface area contributed by atoms with E-state index in [0.717, 1.165) is 27.8 Å². The molecule has 3 aromatic carbocycles. The van der Waals surface area contributed by atoms with Crippen LogP contribution < -0.4 is 4.74 Å². The van der Waals surface area contributed by atoms with E-state index in [1.54, 1.807) is 24.1 Å². The number of para-hydroxylation sites is 1. The van der Waals surface area contributed by atoms with Gasteiger partial charge in [-0.05, 0) is 35.9 Å². The molecule has 0 radical (unpaired) electrons. The summed E-state index contributed by atoms with van der Waals surface area (Å²) in [6, 6.07) is 25.3. The van der Waals surface area contributed by atoms with Crippen LogP contribution in [0.2, 0.25) is 0 Å². The van der Waals surface area contributed by atoms with E-state index in [2.05, 4.69) is 23.2 Å². The molecule has 0 aliphatic heterocycles. The Hall–Kier alpha value is -3.53. The first-order valence-corrected chi connectivity index (χ1v) is 9.21. The summed E-state index contributed by atoms with van der Waals surface area (Å²) in [7, 11) is 3.47. The molecule has 1 aromatic heterocycles. The molecule has 0 bridgehead atoms. The van der Waals surface area contributed by atoms with Crippen molar-refractivity contribution in [3.05, 3.63) is 102 Å². The van der Waals surface area contributed by atoms with Crippen LogP contribution in [0.25, 0.3) is 10.9 Å². The number of hydrogen-bond donors (Lipinski definition) is 1. The van der Waals surface area contributed by atoms with E-state index in [1.807, 2.05) is 61.8 Å². The van der Waals surface area contributed by atoms with Crippen LogP contribution in [0.15, 0.2) is 85.1 Å². The van der Waals surface area contributed by atoms with Crippen LogP contribution in [0.5, 0.6) is 5.75 Å². The molecule has 1 N–H and O–H groups in total. The molecule has 4 heteroatoms. The maximum absolute atomic E-state index is 13.3. The molecule has 0 aliphatic rings. The van der Waals surface area contributed by atoms with Gasteiger partial charge in [-0.3, -0.25) is 4.79 Å². The summed E-state index contributed by atoms with van der Waals surface area (Å²) in [5.41, 5.74) is 3.83. The van der Waals surface area contributed by atoms with Crippen LogP contribution in [-0.2, 0) is 0 Å². The second kappa shape index (κ2) is 7.61. The molecule has 0 aliphatic carbocycles. The molecule has 0 saturated heterocycles. The van der Waals surface area contributed by atoms with Crippen LogP contribution in [0, 0.1) is 0 Å². The zero-order valence-electron chi connectivity index (χ0n) is 15.9. The van der Waals surface area contributed by atoms with Crippen molar-refractivity contribution in [2.24, 2.45) is 0 Å². The lowest BCUT2D eigenvalue weighted by Crippen LogP contribution is -2.31. The van der Waals surface area contributed by atoms with Crippen LogP contribution in [-0.4, -0.2) is 29.9 Å². The Bertz CT molecular complexity index is 1080. The number of aromatic nitrogens is 1. The molecule has 1 heterocycles. The SMILES string of the molecule is COc1ccc(C(=O)N(C)[C@H](c2ccccc2)c2c[nH]c3ccccc23)cc1. The minimum Gasteiger partial charge on any atom is -0.497 e. The first kappa shape index (κ1) is 17.9. The molecule has 28 heavy (non-hydrogen) atoms. The van der Waals surface area contributed by atoms with Gasteiger partial charge in [0, 0.05) is 35.3 Å².